The van der Waals surface area contributed by atoms with Gasteiger partial charge in [0, 0.05) is 12.2 Å². The molecule has 5 heteroatoms. The molecule has 0 saturated carbocycles. The number of benzene rings is 3. The normalized spacial score (nSPS) is 12.0. The molecule has 1 atom stereocenters. The van der Waals surface area contributed by atoms with Crippen LogP contribution in [-0.4, -0.2) is 44.7 Å². The molecule has 29 heavy (non-hydrogen) atoms. The van der Waals surface area contributed by atoms with Crippen molar-refractivity contribution in [2.24, 2.45) is 0 Å². The van der Waals surface area contributed by atoms with Gasteiger partial charge >= 0.3 is 0 Å². The van der Waals surface area contributed by atoms with E-state index in [1.807, 2.05) is 73.5 Å². The molecular weight excluding hydrogens is 364 g/mol. The zero-order valence-electron chi connectivity index (χ0n) is 17.4. The molecule has 152 valence electrons. The fourth-order valence-corrected chi connectivity index (χ4v) is 3.25. The van der Waals surface area contributed by atoms with Crippen molar-refractivity contribution in [3.8, 4) is 11.5 Å². The minimum absolute atomic E-state index is 0.0184. The Hall–Kier alpha value is -3.05. The van der Waals surface area contributed by atoms with Crippen LogP contribution in [0.15, 0.2) is 60.7 Å². The molecule has 1 amide bonds. The van der Waals surface area contributed by atoms with Gasteiger partial charge in [-0.05, 0) is 61.0 Å². The molecule has 0 aliphatic carbocycles. The summed E-state index contributed by atoms with van der Waals surface area (Å²) in [4.78, 5) is 14.7. The number of amides is 1. The van der Waals surface area contributed by atoms with Crippen molar-refractivity contribution >= 4 is 22.4 Å². The highest BCUT2D eigenvalue weighted by molar-refractivity contribution is 5.97. The van der Waals surface area contributed by atoms with Crippen molar-refractivity contribution in [2.75, 3.05) is 33.1 Å². The minimum atomic E-state index is -0.249. The van der Waals surface area contributed by atoms with Crippen LogP contribution in [0.3, 0.4) is 0 Å². The maximum Gasteiger partial charge on any atom is 0.241 e. The summed E-state index contributed by atoms with van der Waals surface area (Å²) in [7, 11) is 5.22. The fourth-order valence-electron chi connectivity index (χ4n) is 3.25. The Morgan fingerprint density at radius 2 is 1.69 bits per heavy atom. The summed E-state index contributed by atoms with van der Waals surface area (Å²) in [5.41, 5.74) is 1.95. The number of likely N-dealkylation sites (N-methyl/N-ethyl adjacent to an activating group) is 1. The number of rotatable bonds is 8. The first-order valence-corrected chi connectivity index (χ1v) is 9.72. The lowest BCUT2D eigenvalue weighted by molar-refractivity contribution is -0.120. The second-order valence-electron chi connectivity index (χ2n) is 7.15. The van der Waals surface area contributed by atoms with Crippen molar-refractivity contribution in [3.63, 3.8) is 0 Å². The Bertz CT molecular complexity index is 987. The average Bonchev–Trinajstić information content (AvgIpc) is 2.76. The van der Waals surface area contributed by atoms with Gasteiger partial charge in [0.1, 0.15) is 0 Å². The molecule has 0 bridgehead atoms. The van der Waals surface area contributed by atoms with E-state index in [0.717, 1.165) is 40.7 Å². The van der Waals surface area contributed by atoms with Gasteiger partial charge < -0.3 is 14.8 Å². The van der Waals surface area contributed by atoms with E-state index < -0.39 is 0 Å². The molecule has 0 fully saturated rings. The van der Waals surface area contributed by atoms with E-state index in [0.29, 0.717) is 5.75 Å². The van der Waals surface area contributed by atoms with Crippen molar-refractivity contribution in [2.45, 2.75) is 19.4 Å². The molecule has 3 aromatic rings. The third kappa shape index (κ3) is 5.06. The van der Waals surface area contributed by atoms with Gasteiger partial charge in [-0.1, -0.05) is 36.4 Å². The lowest BCUT2D eigenvalue weighted by Gasteiger charge is -2.24. The van der Waals surface area contributed by atoms with Gasteiger partial charge in [0.15, 0.2) is 11.5 Å². The predicted molar refractivity (Wildman–Crippen MR) is 118 cm³/mol. The number of carbonyl (C=O) groups is 1. The van der Waals surface area contributed by atoms with Gasteiger partial charge in [-0.15, -0.1) is 0 Å². The Kier molecular flexibility index (Phi) is 6.73. The van der Waals surface area contributed by atoms with Crippen LogP contribution in [0.1, 0.15) is 12.5 Å². The topological polar surface area (TPSA) is 50.8 Å². The maximum absolute atomic E-state index is 12.7. The predicted octanol–water partition coefficient (Wildman–Crippen LogP) is 4.36. The summed E-state index contributed by atoms with van der Waals surface area (Å²) in [5.74, 6) is 1.41. The standard InChI is InChI=1S/C24H28N2O3/c1-17(24(27)25-21-11-10-19-7-5-6-8-20(19)16-21)26(2)14-13-18-9-12-22(28-3)23(15-18)29-4/h5-12,15-17H,13-14H2,1-4H3,(H,25,27)/t17-/m1/s1. The molecule has 3 aromatic carbocycles. The minimum Gasteiger partial charge on any atom is -0.493 e. The molecule has 0 aliphatic rings. The molecule has 0 unspecified atom stereocenters. The molecule has 0 spiro atoms. The fraction of sp³-hybridized carbons (Fsp3) is 0.292. The van der Waals surface area contributed by atoms with Crippen molar-refractivity contribution < 1.29 is 14.3 Å². The molecule has 0 saturated heterocycles. The molecular formula is C24H28N2O3. The lowest BCUT2D eigenvalue weighted by Crippen LogP contribution is -2.40. The number of carbonyl (C=O) groups excluding carboxylic acids is 1. The highest BCUT2D eigenvalue weighted by Crippen LogP contribution is 2.27. The van der Waals surface area contributed by atoms with Gasteiger partial charge in [-0.3, -0.25) is 9.69 Å². The molecule has 1 N–H and O–H groups in total. The second-order valence-corrected chi connectivity index (χ2v) is 7.15. The number of hydrogen-bond acceptors (Lipinski definition) is 4. The average molecular weight is 392 g/mol. The van der Waals surface area contributed by atoms with Crippen LogP contribution in [0.4, 0.5) is 5.69 Å². The van der Waals surface area contributed by atoms with Crippen molar-refractivity contribution in [1.29, 1.82) is 0 Å². The summed E-state index contributed by atoms with van der Waals surface area (Å²) < 4.78 is 10.6. The quantitative estimate of drug-likeness (QED) is 0.619. The smallest absolute Gasteiger partial charge is 0.241 e. The van der Waals surface area contributed by atoms with Crippen LogP contribution < -0.4 is 14.8 Å². The highest BCUT2D eigenvalue weighted by Gasteiger charge is 2.18. The Morgan fingerprint density at radius 3 is 2.41 bits per heavy atom. The van der Waals surface area contributed by atoms with Crippen LogP contribution in [0.2, 0.25) is 0 Å². The van der Waals surface area contributed by atoms with E-state index in [-0.39, 0.29) is 11.9 Å². The third-order valence-electron chi connectivity index (χ3n) is 5.26. The molecule has 0 aromatic heterocycles. The van der Waals surface area contributed by atoms with E-state index in [1.54, 1.807) is 14.2 Å². The first-order valence-electron chi connectivity index (χ1n) is 9.72. The Balaban J connectivity index is 1.58. The molecule has 5 nitrogen and oxygen atoms in total. The number of fused-ring (bicyclic) bond motifs is 1. The Morgan fingerprint density at radius 1 is 0.966 bits per heavy atom. The van der Waals surface area contributed by atoms with Crippen molar-refractivity contribution in [3.05, 3.63) is 66.2 Å². The number of nitrogens with zero attached hydrogens (tertiary/aromatic N) is 1. The first kappa shape index (κ1) is 20.7. The summed E-state index contributed by atoms with van der Waals surface area (Å²) >= 11 is 0. The third-order valence-corrected chi connectivity index (χ3v) is 5.26. The van der Waals surface area contributed by atoms with E-state index >= 15 is 0 Å². The molecule has 3 rings (SSSR count). The second kappa shape index (κ2) is 9.43. The van der Waals surface area contributed by atoms with Crippen LogP contribution >= 0.6 is 0 Å². The van der Waals surface area contributed by atoms with Gasteiger partial charge in [-0.25, -0.2) is 0 Å². The number of hydrogen-bond donors (Lipinski definition) is 1. The van der Waals surface area contributed by atoms with Gasteiger partial charge in [-0.2, -0.15) is 0 Å². The summed E-state index contributed by atoms with van der Waals surface area (Å²) in [6.07, 6.45) is 0.810. The molecule has 0 aliphatic heterocycles. The highest BCUT2D eigenvalue weighted by atomic mass is 16.5. The number of ether oxygens (including phenoxy) is 2. The Labute approximate surface area is 172 Å². The van der Waals surface area contributed by atoms with E-state index in [1.165, 1.54) is 0 Å². The van der Waals surface area contributed by atoms with Gasteiger partial charge in [0.05, 0.1) is 20.3 Å². The zero-order chi connectivity index (χ0) is 20.8. The summed E-state index contributed by atoms with van der Waals surface area (Å²) in [6, 6.07) is 19.7. The maximum atomic E-state index is 12.7. The van der Waals surface area contributed by atoms with Crippen molar-refractivity contribution in [1.82, 2.24) is 4.90 Å². The molecule has 0 heterocycles. The van der Waals surface area contributed by atoms with Gasteiger partial charge in [0.2, 0.25) is 5.91 Å². The van der Waals surface area contributed by atoms with E-state index in [2.05, 4.69) is 11.4 Å². The SMILES string of the molecule is COc1ccc(CCN(C)[C@H](C)C(=O)Nc2ccc3ccccc3c2)cc1OC. The number of nitrogens with one attached hydrogen (secondary N) is 1. The summed E-state index contributed by atoms with van der Waals surface area (Å²) in [5, 5.41) is 5.30. The monoisotopic (exact) mass is 392 g/mol. The zero-order valence-corrected chi connectivity index (χ0v) is 17.4. The van der Waals surface area contributed by atoms with Crippen LogP contribution in [0.25, 0.3) is 10.8 Å². The number of anilines is 1. The van der Waals surface area contributed by atoms with Gasteiger partial charge in [0.25, 0.3) is 0 Å². The first-order chi connectivity index (χ1) is 14.0. The van der Waals surface area contributed by atoms with Crippen LogP contribution in [0, 0.1) is 0 Å². The number of methoxy groups -OCH3 is 2. The summed E-state index contributed by atoms with van der Waals surface area (Å²) in [6.45, 7) is 2.67. The lowest BCUT2D eigenvalue weighted by atomic mass is 10.1. The van der Waals surface area contributed by atoms with E-state index in [4.69, 9.17) is 9.47 Å². The largest absolute Gasteiger partial charge is 0.493 e. The van der Waals surface area contributed by atoms with Crippen LogP contribution in [-0.2, 0) is 11.2 Å². The van der Waals surface area contributed by atoms with E-state index in [9.17, 15) is 4.79 Å². The van der Waals surface area contributed by atoms with Crippen LogP contribution in [0.5, 0.6) is 11.5 Å². The molecule has 0 radical (unpaired) electrons.